The van der Waals surface area contributed by atoms with E-state index in [1.807, 2.05) is 30.3 Å². The molecule has 0 saturated heterocycles. The maximum Gasteiger partial charge on any atom is 0.244 e. The Morgan fingerprint density at radius 1 is 1.04 bits per heavy atom. The minimum Gasteiger partial charge on any atom is -0.259 e. The van der Waals surface area contributed by atoms with Crippen LogP contribution in [-0.2, 0) is 10.0 Å². The minimum atomic E-state index is -3.92. The maximum atomic E-state index is 12.9. The van der Waals surface area contributed by atoms with Gasteiger partial charge in [0.1, 0.15) is 10.0 Å². The van der Waals surface area contributed by atoms with Crippen molar-refractivity contribution in [3.8, 4) is 0 Å². The highest BCUT2D eigenvalue weighted by Gasteiger charge is 2.26. The van der Waals surface area contributed by atoms with Gasteiger partial charge in [-0.2, -0.15) is 4.72 Å². The van der Waals surface area contributed by atoms with E-state index in [0.29, 0.717) is 10.2 Å². The lowest BCUT2D eigenvalue weighted by molar-refractivity contribution is 0.569. The fourth-order valence-electron chi connectivity index (χ4n) is 2.30. The van der Waals surface area contributed by atoms with Gasteiger partial charge >= 0.3 is 0 Å². The molecule has 25 heavy (non-hydrogen) atoms. The Kier molecular flexibility index (Phi) is 5.48. The molecule has 2 aromatic heterocycles. The fourth-order valence-corrected chi connectivity index (χ4v) is 4.44. The van der Waals surface area contributed by atoms with E-state index in [9.17, 15) is 8.42 Å². The molecule has 1 N–H and O–H groups in total. The molecule has 0 fully saturated rings. The number of aromatic nitrogens is 2. The molecule has 0 saturated carbocycles. The van der Waals surface area contributed by atoms with Gasteiger partial charge in [-0.05, 0) is 39.7 Å². The monoisotopic (exact) mass is 437 g/mol. The maximum absolute atomic E-state index is 12.9. The quantitative estimate of drug-likeness (QED) is 0.612. The average molecular weight is 439 g/mol. The minimum absolute atomic E-state index is 0.0940. The SMILES string of the molecule is O=S(=O)(NC(c1ccccc1)c1ccccn1)c1cc(Br)cnc1Cl. The van der Waals surface area contributed by atoms with Gasteiger partial charge < -0.3 is 0 Å². The zero-order valence-corrected chi connectivity index (χ0v) is 16.0. The molecule has 0 radical (unpaired) electrons. The van der Waals surface area contributed by atoms with Gasteiger partial charge in [-0.3, -0.25) is 4.98 Å². The molecule has 1 atom stereocenters. The largest absolute Gasteiger partial charge is 0.259 e. The zero-order chi connectivity index (χ0) is 17.9. The van der Waals surface area contributed by atoms with Gasteiger partial charge in [-0.25, -0.2) is 13.4 Å². The normalized spacial score (nSPS) is 12.7. The first-order chi connectivity index (χ1) is 12.0. The average Bonchev–Trinajstić information content (AvgIpc) is 2.63. The molecule has 0 spiro atoms. The van der Waals surface area contributed by atoms with Crippen molar-refractivity contribution in [1.82, 2.24) is 14.7 Å². The van der Waals surface area contributed by atoms with Gasteiger partial charge in [0.25, 0.3) is 0 Å². The Balaban J connectivity index is 2.05. The van der Waals surface area contributed by atoms with Crippen LogP contribution in [0.25, 0.3) is 0 Å². The number of nitrogens with zero attached hydrogens (tertiary/aromatic N) is 2. The summed E-state index contributed by atoms with van der Waals surface area (Å²) in [5, 5.41) is -0.0940. The van der Waals surface area contributed by atoms with Crippen molar-refractivity contribution in [3.05, 3.63) is 87.9 Å². The molecule has 8 heteroatoms. The van der Waals surface area contributed by atoms with E-state index in [-0.39, 0.29) is 10.0 Å². The number of halogens is 2. The molecular formula is C17H13BrClN3O2S. The van der Waals surface area contributed by atoms with Gasteiger partial charge in [0, 0.05) is 16.9 Å². The summed E-state index contributed by atoms with van der Waals surface area (Å²) in [4.78, 5) is 8.07. The molecule has 0 aliphatic carbocycles. The van der Waals surface area contributed by atoms with Crippen molar-refractivity contribution in [2.45, 2.75) is 10.9 Å². The number of sulfonamides is 1. The van der Waals surface area contributed by atoms with Crippen molar-refractivity contribution in [2.75, 3.05) is 0 Å². The molecular weight excluding hydrogens is 426 g/mol. The Hall–Kier alpha value is -1.80. The van der Waals surface area contributed by atoms with Crippen LogP contribution < -0.4 is 4.72 Å². The first kappa shape index (κ1) is 18.0. The van der Waals surface area contributed by atoms with E-state index in [2.05, 4.69) is 30.6 Å². The second-order valence-electron chi connectivity index (χ2n) is 5.16. The Bertz CT molecular complexity index is 930. The predicted molar refractivity (Wildman–Crippen MR) is 99.8 cm³/mol. The molecule has 0 aliphatic rings. The van der Waals surface area contributed by atoms with E-state index in [4.69, 9.17) is 11.6 Å². The summed E-state index contributed by atoms with van der Waals surface area (Å²) >= 11 is 9.21. The number of hydrogen-bond acceptors (Lipinski definition) is 4. The van der Waals surface area contributed by atoms with Crippen LogP contribution in [0.5, 0.6) is 0 Å². The second-order valence-corrected chi connectivity index (χ2v) is 8.12. The van der Waals surface area contributed by atoms with Crippen LogP contribution >= 0.6 is 27.5 Å². The molecule has 0 amide bonds. The number of hydrogen-bond donors (Lipinski definition) is 1. The molecule has 1 unspecified atom stereocenters. The third-order valence-electron chi connectivity index (χ3n) is 3.45. The highest BCUT2D eigenvalue weighted by Crippen LogP contribution is 2.27. The van der Waals surface area contributed by atoms with Crippen LogP contribution in [0.2, 0.25) is 5.15 Å². The molecule has 1 aromatic carbocycles. The molecule has 3 rings (SSSR count). The van der Waals surface area contributed by atoms with Crippen LogP contribution in [0.15, 0.2) is 76.4 Å². The van der Waals surface area contributed by atoms with E-state index >= 15 is 0 Å². The summed E-state index contributed by atoms with van der Waals surface area (Å²) in [5.74, 6) is 0. The topological polar surface area (TPSA) is 72.0 Å². The lowest BCUT2D eigenvalue weighted by Crippen LogP contribution is -2.30. The Morgan fingerprint density at radius 3 is 2.44 bits per heavy atom. The molecule has 128 valence electrons. The summed E-state index contributed by atoms with van der Waals surface area (Å²) < 4.78 is 29.0. The number of benzene rings is 1. The predicted octanol–water partition coefficient (Wildman–Crippen LogP) is 3.96. The highest BCUT2D eigenvalue weighted by atomic mass is 79.9. The number of pyridine rings is 2. The van der Waals surface area contributed by atoms with Crippen molar-refractivity contribution < 1.29 is 8.42 Å². The number of rotatable bonds is 5. The molecule has 0 bridgehead atoms. The third kappa shape index (κ3) is 4.24. The van der Waals surface area contributed by atoms with Crippen LogP contribution in [0.3, 0.4) is 0 Å². The molecule has 0 aliphatic heterocycles. The van der Waals surface area contributed by atoms with Crippen LogP contribution in [0.4, 0.5) is 0 Å². The second kappa shape index (κ2) is 7.61. The molecule has 5 nitrogen and oxygen atoms in total. The van der Waals surface area contributed by atoms with Gasteiger partial charge in [-0.1, -0.05) is 48.0 Å². The standard InChI is InChI=1S/C17H13BrClN3O2S/c18-13-10-15(17(19)21-11-13)25(23,24)22-16(12-6-2-1-3-7-12)14-8-4-5-9-20-14/h1-11,16,22H. The van der Waals surface area contributed by atoms with Crippen LogP contribution in [0, 0.1) is 0 Å². The van der Waals surface area contributed by atoms with Crippen molar-refractivity contribution in [3.63, 3.8) is 0 Å². The van der Waals surface area contributed by atoms with Gasteiger partial charge in [0.2, 0.25) is 10.0 Å². The summed E-state index contributed by atoms with van der Waals surface area (Å²) in [5.41, 5.74) is 1.35. The van der Waals surface area contributed by atoms with Crippen LogP contribution in [-0.4, -0.2) is 18.4 Å². The van der Waals surface area contributed by atoms with Gasteiger partial charge in [0.05, 0.1) is 11.7 Å². The Labute approximate surface area is 159 Å². The van der Waals surface area contributed by atoms with Crippen molar-refractivity contribution in [1.29, 1.82) is 0 Å². The fraction of sp³-hybridized carbons (Fsp3) is 0.0588. The lowest BCUT2D eigenvalue weighted by atomic mass is 10.0. The molecule has 3 aromatic rings. The first-order valence-corrected chi connectivity index (χ1v) is 9.92. The van der Waals surface area contributed by atoms with Crippen molar-refractivity contribution in [2.24, 2.45) is 0 Å². The molecule has 2 heterocycles. The van der Waals surface area contributed by atoms with E-state index in [1.54, 1.807) is 24.4 Å². The van der Waals surface area contributed by atoms with Crippen LogP contribution in [0.1, 0.15) is 17.3 Å². The smallest absolute Gasteiger partial charge is 0.244 e. The van der Waals surface area contributed by atoms with Gasteiger partial charge in [-0.15, -0.1) is 0 Å². The summed E-state index contributed by atoms with van der Waals surface area (Å²) in [6, 6.07) is 15.3. The highest BCUT2D eigenvalue weighted by molar-refractivity contribution is 9.10. The summed E-state index contributed by atoms with van der Waals surface area (Å²) in [6.07, 6.45) is 3.06. The number of nitrogens with one attached hydrogen (secondary N) is 1. The first-order valence-electron chi connectivity index (χ1n) is 7.26. The van der Waals surface area contributed by atoms with E-state index in [1.165, 1.54) is 12.3 Å². The summed E-state index contributed by atoms with van der Waals surface area (Å²) in [7, 11) is -3.92. The van der Waals surface area contributed by atoms with E-state index in [0.717, 1.165) is 5.56 Å². The lowest BCUT2D eigenvalue weighted by Gasteiger charge is -2.19. The zero-order valence-electron chi connectivity index (χ0n) is 12.8. The Morgan fingerprint density at radius 2 is 1.76 bits per heavy atom. The summed E-state index contributed by atoms with van der Waals surface area (Å²) in [6.45, 7) is 0. The van der Waals surface area contributed by atoms with Gasteiger partial charge in [0.15, 0.2) is 0 Å². The van der Waals surface area contributed by atoms with Crippen molar-refractivity contribution >= 4 is 37.6 Å². The third-order valence-corrected chi connectivity index (χ3v) is 5.74. The van der Waals surface area contributed by atoms with E-state index < -0.39 is 16.1 Å².